The van der Waals surface area contributed by atoms with Crippen LogP contribution in [0.25, 0.3) is 5.69 Å². The van der Waals surface area contributed by atoms with Crippen LogP contribution in [0.4, 0.5) is 5.69 Å². The second-order valence-electron chi connectivity index (χ2n) is 5.35. The van der Waals surface area contributed by atoms with E-state index in [1.165, 1.54) is 17.0 Å². The zero-order valence-electron chi connectivity index (χ0n) is 13.2. The molecule has 7 heteroatoms. The predicted octanol–water partition coefficient (Wildman–Crippen LogP) is 3.58. The van der Waals surface area contributed by atoms with E-state index in [0.717, 1.165) is 0 Å². The molecule has 3 rings (SSSR count). The van der Waals surface area contributed by atoms with Crippen molar-refractivity contribution in [1.82, 2.24) is 9.78 Å². The van der Waals surface area contributed by atoms with Crippen molar-refractivity contribution < 1.29 is 9.90 Å². The van der Waals surface area contributed by atoms with Crippen molar-refractivity contribution >= 4 is 29.5 Å². The summed E-state index contributed by atoms with van der Waals surface area (Å²) in [4.78, 5) is 28.0. The number of hydrogen-bond donors (Lipinski definition) is 2. The topological polar surface area (TPSA) is 87.5 Å². The third-order valence-electron chi connectivity index (χ3n) is 3.67. The highest BCUT2D eigenvalue weighted by molar-refractivity contribution is 6.30. The number of aryl methyl sites for hydroxylation is 1. The SMILES string of the molecule is Cc1[nH]n(-c2ccc(Cl)cc2)c(=O)c1C=Nc1ccccc1C(=O)O. The molecule has 1 heterocycles. The third kappa shape index (κ3) is 3.39. The normalized spacial score (nSPS) is 11.1. The molecular formula is C18H14ClN3O3. The maximum absolute atomic E-state index is 12.6. The molecule has 0 bridgehead atoms. The number of carboxylic acids is 1. The number of nitrogens with zero attached hydrogens (tertiary/aromatic N) is 2. The maximum atomic E-state index is 12.6. The lowest BCUT2D eigenvalue weighted by molar-refractivity contribution is 0.0698. The van der Waals surface area contributed by atoms with Gasteiger partial charge in [-0.05, 0) is 43.3 Å². The number of H-pyrrole nitrogens is 1. The smallest absolute Gasteiger partial charge is 0.337 e. The molecule has 0 fully saturated rings. The zero-order chi connectivity index (χ0) is 18.0. The van der Waals surface area contributed by atoms with Crippen LogP contribution < -0.4 is 5.56 Å². The Bertz CT molecular complexity index is 1020. The van der Waals surface area contributed by atoms with E-state index < -0.39 is 5.97 Å². The minimum absolute atomic E-state index is 0.0740. The summed E-state index contributed by atoms with van der Waals surface area (Å²) in [7, 11) is 0. The van der Waals surface area contributed by atoms with Gasteiger partial charge >= 0.3 is 5.97 Å². The number of benzene rings is 2. The van der Waals surface area contributed by atoms with Gasteiger partial charge in [-0.15, -0.1) is 0 Å². The van der Waals surface area contributed by atoms with Crippen LogP contribution in [0.15, 0.2) is 58.3 Å². The number of aromatic amines is 1. The molecule has 0 spiro atoms. The Morgan fingerprint density at radius 1 is 1.20 bits per heavy atom. The molecule has 0 saturated heterocycles. The van der Waals surface area contributed by atoms with Crippen LogP contribution in [0, 0.1) is 6.92 Å². The molecule has 3 aromatic rings. The van der Waals surface area contributed by atoms with Crippen LogP contribution in [0.2, 0.25) is 5.02 Å². The molecule has 2 N–H and O–H groups in total. The van der Waals surface area contributed by atoms with E-state index in [-0.39, 0.29) is 16.8 Å². The molecular weight excluding hydrogens is 342 g/mol. The maximum Gasteiger partial charge on any atom is 0.337 e. The molecule has 1 aromatic heterocycles. The lowest BCUT2D eigenvalue weighted by Crippen LogP contribution is -2.17. The number of hydrogen-bond acceptors (Lipinski definition) is 3. The molecule has 0 aliphatic rings. The van der Waals surface area contributed by atoms with Gasteiger partial charge in [0.05, 0.1) is 22.5 Å². The van der Waals surface area contributed by atoms with Gasteiger partial charge in [-0.1, -0.05) is 23.7 Å². The quantitative estimate of drug-likeness (QED) is 0.701. The van der Waals surface area contributed by atoms with E-state index in [9.17, 15) is 14.7 Å². The number of rotatable bonds is 4. The summed E-state index contributed by atoms with van der Waals surface area (Å²) in [5.74, 6) is -1.07. The largest absolute Gasteiger partial charge is 0.478 e. The number of halogens is 1. The summed E-state index contributed by atoms with van der Waals surface area (Å²) in [6.45, 7) is 1.75. The van der Waals surface area contributed by atoms with E-state index in [1.807, 2.05) is 0 Å². The van der Waals surface area contributed by atoms with Gasteiger partial charge in [0.2, 0.25) is 0 Å². The van der Waals surface area contributed by atoms with Gasteiger partial charge in [-0.2, -0.15) is 0 Å². The number of carboxylic acid groups (broad SMARTS) is 1. The van der Waals surface area contributed by atoms with E-state index in [4.69, 9.17) is 11.6 Å². The monoisotopic (exact) mass is 355 g/mol. The van der Waals surface area contributed by atoms with Gasteiger partial charge in [0.15, 0.2) is 0 Å². The van der Waals surface area contributed by atoms with Crippen molar-refractivity contribution in [1.29, 1.82) is 0 Å². The van der Waals surface area contributed by atoms with Crippen LogP contribution in [-0.2, 0) is 0 Å². The number of nitrogens with one attached hydrogen (secondary N) is 1. The van der Waals surface area contributed by atoms with Gasteiger partial charge in [0.25, 0.3) is 5.56 Å². The Morgan fingerprint density at radius 2 is 1.88 bits per heavy atom. The number of aliphatic imine (C=N–C) groups is 1. The van der Waals surface area contributed by atoms with E-state index in [0.29, 0.717) is 22.0 Å². The van der Waals surface area contributed by atoms with E-state index in [1.54, 1.807) is 49.4 Å². The van der Waals surface area contributed by atoms with E-state index >= 15 is 0 Å². The summed E-state index contributed by atoms with van der Waals surface area (Å²) >= 11 is 5.87. The predicted molar refractivity (Wildman–Crippen MR) is 96.8 cm³/mol. The van der Waals surface area contributed by atoms with Crippen LogP contribution in [-0.4, -0.2) is 27.1 Å². The van der Waals surface area contributed by atoms with Crippen molar-refractivity contribution in [3.63, 3.8) is 0 Å². The fraction of sp³-hybridized carbons (Fsp3) is 0.0556. The lowest BCUT2D eigenvalue weighted by Gasteiger charge is -2.00. The third-order valence-corrected chi connectivity index (χ3v) is 3.92. The standard InChI is InChI=1S/C18H14ClN3O3/c1-11-15(10-20-16-5-3-2-4-14(16)18(24)25)17(23)22(21-11)13-8-6-12(19)7-9-13/h2-10,21H,1H3,(H,24,25). The van der Waals surface area contributed by atoms with Crippen LogP contribution >= 0.6 is 11.6 Å². The fourth-order valence-electron chi connectivity index (χ4n) is 2.38. The van der Waals surface area contributed by atoms with Gasteiger partial charge < -0.3 is 5.11 Å². The zero-order valence-corrected chi connectivity index (χ0v) is 14.0. The highest BCUT2D eigenvalue weighted by Crippen LogP contribution is 2.18. The number of aromatic carboxylic acids is 1. The van der Waals surface area contributed by atoms with Gasteiger partial charge in [0.1, 0.15) is 0 Å². The summed E-state index contributed by atoms with van der Waals surface area (Å²) in [5, 5.41) is 12.7. The summed E-state index contributed by atoms with van der Waals surface area (Å²) in [5.41, 5.74) is 1.70. The minimum Gasteiger partial charge on any atom is -0.478 e. The minimum atomic E-state index is -1.07. The lowest BCUT2D eigenvalue weighted by atomic mass is 10.2. The van der Waals surface area contributed by atoms with Crippen LogP contribution in [0.3, 0.4) is 0 Å². The first-order chi connectivity index (χ1) is 12.0. The summed E-state index contributed by atoms with van der Waals surface area (Å²) in [6.07, 6.45) is 1.38. The Kier molecular flexibility index (Phi) is 4.54. The van der Waals surface area contributed by atoms with E-state index in [2.05, 4.69) is 10.1 Å². The molecule has 2 aromatic carbocycles. The molecule has 126 valence electrons. The highest BCUT2D eigenvalue weighted by Gasteiger charge is 2.12. The molecule has 0 aliphatic heterocycles. The molecule has 0 aliphatic carbocycles. The summed E-state index contributed by atoms with van der Waals surface area (Å²) in [6, 6.07) is 13.2. The van der Waals surface area contributed by atoms with Gasteiger partial charge in [-0.3, -0.25) is 14.9 Å². The Balaban J connectivity index is 2.01. The number of aromatic nitrogens is 2. The van der Waals surface area contributed by atoms with Crippen molar-refractivity contribution in [2.45, 2.75) is 6.92 Å². The second-order valence-corrected chi connectivity index (χ2v) is 5.78. The Labute approximate surface area is 148 Å². The number of para-hydroxylation sites is 1. The van der Waals surface area contributed by atoms with Gasteiger partial charge in [0, 0.05) is 16.9 Å². The molecule has 0 saturated carbocycles. The molecule has 0 unspecified atom stereocenters. The molecule has 25 heavy (non-hydrogen) atoms. The van der Waals surface area contributed by atoms with Crippen LogP contribution in [0.1, 0.15) is 21.6 Å². The molecule has 0 atom stereocenters. The highest BCUT2D eigenvalue weighted by atomic mass is 35.5. The van der Waals surface area contributed by atoms with Crippen molar-refractivity contribution in [3.05, 3.63) is 80.7 Å². The van der Waals surface area contributed by atoms with Crippen molar-refractivity contribution in [2.24, 2.45) is 4.99 Å². The molecule has 6 nitrogen and oxygen atoms in total. The first-order valence-corrected chi connectivity index (χ1v) is 7.79. The molecule has 0 amide bonds. The second kappa shape index (κ2) is 6.78. The first-order valence-electron chi connectivity index (χ1n) is 7.41. The first kappa shape index (κ1) is 16.7. The Morgan fingerprint density at radius 3 is 2.56 bits per heavy atom. The Hall–Kier alpha value is -3.12. The van der Waals surface area contributed by atoms with Crippen LogP contribution in [0.5, 0.6) is 0 Å². The average molecular weight is 356 g/mol. The van der Waals surface area contributed by atoms with Crippen molar-refractivity contribution in [3.8, 4) is 5.69 Å². The number of carbonyl (C=O) groups is 1. The fourth-order valence-corrected chi connectivity index (χ4v) is 2.51. The average Bonchev–Trinajstić information content (AvgIpc) is 2.88. The van der Waals surface area contributed by atoms with Crippen molar-refractivity contribution in [2.75, 3.05) is 0 Å². The summed E-state index contributed by atoms with van der Waals surface area (Å²) < 4.78 is 1.39. The van der Waals surface area contributed by atoms with Gasteiger partial charge in [-0.25, -0.2) is 9.48 Å². The molecule has 0 radical (unpaired) electrons.